The van der Waals surface area contributed by atoms with Gasteiger partial charge in [0, 0.05) is 19.8 Å². The van der Waals surface area contributed by atoms with E-state index in [1.807, 2.05) is 30.3 Å². The third kappa shape index (κ3) is 6.28. The number of aromatic nitrogens is 1. The van der Waals surface area contributed by atoms with Crippen LogP contribution in [0.4, 0.5) is 0 Å². The van der Waals surface area contributed by atoms with E-state index in [2.05, 4.69) is 46.6 Å². The lowest BCUT2D eigenvalue weighted by Crippen LogP contribution is -2.36. The average Bonchev–Trinajstić information content (AvgIpc) is 2.62. The van der Waals surface area contributed by atoms with Gasteiger partial charge in [0.1, 0.15) is 5.75 Å². The van der Waals surface area contributed by atoms with Crippen LogP contribution in [0.5, 0.6) is 5.75 Å². The van der Waals surface area contributed by atoms with Gasteiger partial charge in [-0.15, -0.1) is 0 Å². The third-order valence-electron chi connectivity index (χ3n) is 3.35. The molecule has 2 N–H and O–H groups in total. The first-order valence-corrected chi connectivity index (χ1v) is 8.23. The summed E-state index contributed by atoms with van der Waals surface area (Å²) >= 11 is 0. The fourth-order valence-corrected chi connectivity index (χ4v) is 2.05. The molecule has 0 spiro atoms. The second kappa shape index (κ2) is 9.55. The SMILES string of the molecule is CN=C(NCc1ccc(OCC(C)C)cc1)NCc1ccccn1. The summed E-state index contributed by atoms with van der Waals surface area (Å²) in [6, 6.07) is 14.0. The Morgan fingerprint density at radius 1 is 1.08 bits per heavy atom. The molecule has 5 nitrogen and oxygen atoms in total. The molecule has 1 heterocycles. The molecule has 24 heavy (non-hydrogen) atoms. The minimum atomic E-state index is 0.528. The number of rotatable bonds is 7. The lowest BCUT2D eigenvalue weighted by molar-refractivity contribution is 0.271. The smallest absolute Gasteiger partial charge is 0.191 e. The van der Waals surface area contributed by atoms with Crippen molar-refractivity contribution in [2.45, 2.75) is 26.9 Å². The summed E-state index contributed by atoms with van der Waals surface area (Å²) in [7, 11) is 1.76. The number of aliphatic imine (C=N–C) groups is 1. The van der Waals surface area contributed by atoms with E-state index in [1.165, 1.54) is 5.56 Å². The van der Waals surface area contributed by atoms with Crippen LogP contribution in [0.1, 0.15) is 25.1 Å². The lowest BCUT2D eigenvalue weighted by atomic mass is 10.2. The monoisotopic (exact) mass is 326 g/mol. The highest BCUT2D eigenvalue weighted by Crippen LogP contribution is 2.13. The highest BCUT2D eigenvalue weighted by atomic mass is 16.5. The average molecular weight is 326 g/mol. The van der Waals surface area contributed by atoms with Gasteiger partial charge in [0.25, 0.3) is 0 Å². The van der Waals surface area contributed by atoms with Gasteiger partial charge >= 0.3 is 0 Å². The van der Waals surface area contributed by atoms with E-state index in [0.717, 1.165) is 24.0 Å². The number of hydrogen-bond donors (Lipinski definition) is 2. The van der Waals surface area contributed by atoms with Crippen molar-refractivity contribution in [3.05, 3.63) is 59.9 Å². The van der Waals surface area contributed by atoms with Gasteiger partial charge in [-0.1, -0.05) is 32.0 Å². The molecule has 0 amide bonds. The van der Waals surface area contributed by atoms with Crippen molar-refractivity contribution in [1.29, 1.82) is 0 Å². The Hall–Kier alpha value is -2.56. The molecule has 2 aromatic rings. The molecule has 0 saturated heterocycles. The summed E-state index contributed by atoms with van der Waals surface area (Å²) in [6.45, 7) is 6.36. The summed E-state index contributed by atoms with van der Waals surface area (Å²) in [4.78, 5) is 8.51. The maximum absolute atomic E-state index is 5.69. The maximum Gasteiger partial charge on any atom is 0.191 e. The van der Waals surface area contributed by atoms with Crippen molar-refractivity contribution in [3.63, 3.8) is 0 Å². The van der Waals surface area contributed by atoms with Crippen LogP contribution >= 0.6 is 0 Å². The molecule has 0 radical (unpaired) electrons. The lowest BCUT2D eigenvalue weighted by Gasteiger charge is -2.12. The van der Waals surface area contributed by atoms with Crippen molar-refractivity contribution < 1.29 is 4.74 Å². The number of nitrogens with one attached hydrogen (secondary N) is 2. The Balaban J connectivity index is 1.78. The van der Waals surface area contributed by atoms with Crippen LogP contribution < -0.4 is 15.4 Å². The Labute approximate surface area is 144 Å². The van der Waals surface area contributed by atoms with Crippen molar-refractivity contribution in [3.8, 4) is 5.75 Å². The number of hydrogen-bond acceptors (Lipinski definition) is 3. The largest absolute Gasteiger partial charge is 0.493 e. The summed E-state index contributed by atoms with van der Waals surface area (Å²) < 4.78 is 5.69. The number of guanidine groups is 1. The molecule has 128 valence electrons. The molecular formula is C19H26N4O. The topological polar surface area (TPSA) is 58.5 Å². The zero-order chi connectivity index (χ0) is 17.2. The van der Waals surface area contributed by atoms with Crippen molar-refractivity contribution >= 4 is 5.96 Å². The third-order valence-corrected chi connectivity index (χ3v) is 3.35. The minimum absolute atomic E-state index is 0.528. The van der Waals surface area contributed by atoms with Gasteiger partial charge in [0.2, 0.25) is 0 Å². The van der Waals surface area contributed by atoms with Crippen molar-refractivity contribution in [2.24, 2.45) is 10.9 Å². The Bertz CT molecular complexity index is 624. The number of nitrogens with zero attached hydrogens (tertiary/aromatic N) is 2. The van der Waals surface area contributed by atoms with Gasteiger partial charge in [-0.2, -0.15) is 0 Å². The molecule has 1 aromatic carbocycles. The summed E-state index contributed by atoms with van der Waals surface area (Å²) in [6.07, 6.45) is 1.79. The molecule has 5 heteroatoms. The zero-order valence-electron chi connectivity index (χ0n) is 14.6. The minimum Gasteiger partial charge on any atom is -0.493 e. The van der Waals surface area contributed by atoms with Crippen LogP contribution in [0.25, 0.3) is 0 Å². The highest BCUT2D eigenvalue weighted by Gasteiger charge is 2.01. The van der Waals surface area contributed by atoms with E-state index < -0.39 is 0 Å². The van der Waals surface area contributed by atoms with Crippen LogP contribution in [0.2, 0.25) is 0 Å². The van der Waals surface area contributed by atoms with E-state index in [1.54, 1.807) is 13.2 Å². The van der Waals surface area contributed by atoms with Crippen LogP contribution in [0, 0.1) is 5.92 Å². The fraction of sp³-hybridized carbons (Fsp3) is 0.368. The predicted octanol–water partition coefficient (Wildman–Crippen LogP) is 2.98. The van der Waals surface area contributed by atoms with E-state index in [4.69, 9.17) is 4.74 Å². The first kappa shape index (κ1) is 17.8. The van der Waals surface area contributed by atoms with E-state index >= 15 is 0 Å². The highest BCUT2D eigenvalue weighted by molar-refractivity contribution is 5.79. The fourth-order valence-electron chi connectivity index (χ4n) is 2.05. The van der Waals surface area contributed by atoms with E-state index in [0.29, 0.717) is 19.0 Å². The predicted molar refractivity (Wildman–Crippen MR) is 98.1 cm³/mol. The number of ether oxygens (including phenoxy) is 1. The van der Waals surface area contributed by atoms with Crippen LogP contribution in [0.3, 0.4) is 0 Å². The molecule has 0 aliphatic heterocycles. The van der Waals surface area contributed by atoms with Gasteiger partial charge in [-0.3, -0.25) is 9.98 Å². The Morgan fingerprint density at radius 2 is 1.83 bits per heavy atom. The maximum atomic E-state index is 5.69. The normalized spacial score (nSPS) is 11.4. The molecule has 0 unspecified atom stereocenters. The van der Waals surface area contributed by atoms with E-state index in [-0.39, 0.29) is 0 Å². The van der Waals surface area contributed by atoms with Crippen LogP contribution in [-0.2, 0) is 13.1 Å². The zero-order valence-corrected chi connectivity index (χ0v) is 14.6. The van der Waals surface area contributed by atoms with Gasteiger partial charge in [0.05, 0.1) is 18.8 Å². The Morgan fingerprint density at radius 3 is 2.46 bits per heavy atom. The first-order valence-electron chi connectivity index (χ1n) is 8.23. The molecule has 2 rings (SSSR count). The number of pyridine rings is 1. The van der Waals surface area contributed by atoms with Crippen molar-refractivity contribution in [2.75, 3.05) is 13.7 Å². The molecule has 0 bridgehead atoms. The summed E-state index contributed by atoms with van der Waals surface area (Å²) in [5, 5.41) is 6.55. The summed E-state index contributed by atoms with van der Waals surface area (Å²) in [5.74, 6) is 2.19. The molecule has 0 aliphatic rings. The quantitative estimate of drug-likeness (QED) is 0.607. The second-order valence-corrected chi connectivity index (χ2v) is 5.95. The summed E-state index contributed by atoms with van der Waals surface area (Å²) in [5.41, 5.74) is 2.15. The molecule has 0 atom stereocenters. The van der Waals surface area contributed by atoms with Gasteiger partial charge in [-0.05, 0) is 35.7 Å². The first-order chi connectivity index (χ1) is 11.7. The second-order valence-electron chi connectivity index (χ2n) is 5.95. The Kier molecular flexibility index (Phi) is 7.08. The molecule has 0 fully saturated rings. The molecule has 1 aromatic heterocycles. The standard InChI is InChI=1S/C19H26N4O/c1-15(2)14-24-18-9-7-16(8-10-18)12-22-19(20-3)23-13-17-6-4-5-11-21-17/h4-11,15H,12-14H2,1-3H3,(H2,20,22,23). The van der Waals surface area contributed by atoms with Gasteiger partial charge < -0.3 is 15.4 Å². The van der Waals surface area contributed by atoms with E-state index in [9.17, 15) is 0 Å². The van der Waals surface area contributed by atoms with Gasteiger partial charge in [0.15, 0.2) is 5.96 Å². The molecule has 0 saturated carbocycles. The van der Waals surface area contributed by atoms with Crippen LogP contribution in [0.15, 0.2) is 53.7 Å². The van der Waals surface area contributed by atoms with Crippen LogP contribution in [-0.4, -0.2) is 24.6 Å². The van der Waals surface area contributed by atoms with Gasteiger partial charge in [-0.25, -0.2) is 0 Å². The van der Waals surface area contributed by atoms with Crippen molar-refractivity contribution in [1.82, 2.24) is 15.6 Å². The number of benzene rings is 1. The molecular weight excluding hydrogens is 300 g/mol. The molecule has 0 aliphatic carbocycles.